The van der Waals surface area contributed by atoms with Crippen molar-refractivity contribution in [2.24, 2.45) is 5.92 Å². The number of anilines is 1. The van der Waals surface area contributed by atoms with Crippen LogP contribution in [0.5, 0.6) is 0 Å². The molecule has 1 aliphatic rings. The standard InChI is InChI=1S/C23H26N2O4/c1-15-9-11-20(12-10-15)24-22(27)17(3)29-23(28)19-13-21(26)25(14-19)16(2)18-7-5-4-6-8-18/h4-12,16-17,19H,13-14H2,1-3H3,(H,24,27)/t16-,17-,19-/m0/s1. The quantitative estimate of drug-likeness (QED) is 0.761. The number of nitrogens with one attached hydrogen (secondary N) is 1. The lowest BCUT2D eigenvalue weighted by molar-refractivity contribution is -0.157. The van der Waals surface area contributed by atoms with E-state index in [-0.39, 0.29) is 18.4 Å². The molecular weight excluding hydrogens is 368 g/mol. The van der Waals surface area contributed by atoms with Crippen molar-refractivity contribution in [3.63, 3.8) is 0 Å². The molecule has 3 atom stereocenters. The molecule has 152 valence electrons. The van der Waals surface area contributed by atoms with Gasteiger partial charge in [-0.25, -0.2) is 0 Å². The smallest absolute Gasteiger partial charge is 0.312 e. The number of aryl methyl sites for hydroxylation is 1. The molecule has 0 aromatic heterocycles. The van der Waals surface area contributed by atoms with Gasteiger partial charge in [-0.15, -0.1) is 0 Å². The number of ether oxygens (including phenoxy) is 1. The molecule has 1 N–H and O–H groups in total. The largest absolute Gasteiger partial charge is 0.452 e. The number of rotatable bonds is 6. The van der Waals surface area contributed by atoms with Crippen LogP contribution in [-0.4, -0.2) is 35.3 Å². The minimum atomic E-state index is -0.945. The van der Waals surface area contributed by atoms with Gasteiger partial charge in [-0.2, -0.15) is 0 Å². The lowest BCUT2D eigenvalue weighted by Crippen LogP contribution is -2.33. The summed E-state index contributed by atoms with van der Waals surface area (Å²) in [4.78, 5) is 39.0. The number of hydrogen-bond donors (Lipinski definition) is 1. The Labute approximate surface area is 170 Å². The summed E-state index contributed by atoms with van der Waals surface area (Å²) in [7, 11) is 0. The third kappa shape index (κ3) is 5.02. The summed E-state index contributed by atoms with van der Waals surface area (Å²) in [5.41, 5.74) is 2.74. The van der Waals surface area contributed by atoms with Gasteiger partial charge in [0.1, 0.15) is 0 Å². The van der Waals surface area contributed by atoms with E-state index in [0.717, 1.165) is 11.1 Å². The lowest BCUT2D eigenvalue weighted by Gasteiger charge is -2.25. The summed E-state index contributed by atoms with van der Waals surface area (Å²) in [5, 5.41) is 2.73. The van der Waals surface area contributed by atoms with Crippen LogP contribution in [0, 0.1) is 12.8 Å². The molecule has 6 nitrogen and oxygen atoms in total. The second kappa shape index (κ2) is 8.90. The zero-order valence-corrected chi connectivity index (χ0v) is 16.9. The molecule has 0 spiro atoms. The molecule has 0 saturated carbocycles. The third-order valence-corrected chi connectivity index (χ3v) is 5.22. The Hall–Kier alpha value is -3.15. The zero-order valence-electron chi connectivity index (χ0n) is 16.9. The van der Waals surface area contributed by atoms with Crippen molar-refractivity contribution in [3.05, 3.63) is 65.7 Å². The van der Waals surface area contributed by atoms with E-state index in [0.29, 0.717) is 12.2 Å². The first-order valence-electron chi connectivity index (χ1n) is 9.77. The number of likely N-dealkylation sites (tertiary alicyclic amines) is 1. The predicted octanol–water partition coefficient (Wildman–Crippen LogP) is 3.47. The molecule has 1 saturated heterocycles. The van der Waals surface area contributed by atoms with Gasteiger partial charge in [-0.05, 0) is 38.5 Å². The van der Waals surface area contributed by atoms with Crippen LogP contribution in [0.25, 0.3) is 0 Å². The maximum Gasteiger partial charge on any atom is 0.312 e. The summed E-state index contributed by atoms with van der Waals surface area (Å²) >= 11 is 0. The van der Waals surface area contributed by atoms with Crippen molar-refractivity contribution in [1.29, 1.82) is 0 Å². The van der Waals surface area contributed by atoms with E-state index < -0.39 is 23.9 Å². The monoisotopic (exact) mass is 394 g/mol. The van der Waals surface area contributed by atoms with Gasteiger partial charge in [0.2, 0.25) is 5.91 Å². The van der Waals surface area contributed by atoms with Gasteiger partial charge in [-0.3, -0.25) is 14.4 Å². The fraction of sp³-hybridized carbons (Fsp3) is 0.348. The van der Waals surface area contributed by atoms with Gasteiger partial charge in [0.05, 0.1) is 12.0 Å². The van der Waals surface area contributed by atoms with Crippen molar-refractivity contribution < 1.29 is 19.1 Å². The van der Waals surface area contributed by atoms with Crippen LogP contribution in [0.2, 0.25) is 0 Å². The fourth-order valence-electron chi connectivity index (χ4n) is 3.38. The highest BCUT2D eigenvalue weighted by molar-refractivity contribution is 5.95. The molecule has 1 fully saturated rings. The van der Waals surface area contributed by atoms with E-state index in [1.807, 2.05) is 56.3 Å². The van der Waals surface area contributed by atoms with Crippen LogP contribution >= 0.6 is 0 Å². The second-order valence-electron chi connectivity index (χ2n) is 7.47. The first-order valence-corrected chi connectivity index (χ1v) is 9.77. The number of nitrogens with zero attached hydrogens (tertiary/aromatic N) is 1. The van der Waals surface area contributed by atoms with Crippen LogP contribution in [0.1, 0.15) is 37.4 Å². The van der Waals surface area contributed by atoms with E-state index in [1.165, 1.54) is 6.92 Å². The Morgan fingerprint density at radius 2 is 1.72 bits per heavy atom. The molecule has 0 bridgehead atoms. The zero-order chi connectivity index (χ0) is 21.0. The lowest BCUT2D eigenvalue weighted by atomic mass is 10.1. The third-order valence-electron chi connectivity index (χ3n) is 5.22. The predicted molar refractivity (Wildman–Crippen MR) is 110 cm³/mol. The Bertz CT molecular complexity index is 880. The number of esters is 1. The first-order chi connectivity index (χ1) is 13.8. The van der Waals surface area contributed by atoms with Gasteiger partial charge < -0.3 is 15.0 Å². The molecule has 6 heteroatoms. The van der Waals surface area contributed by atoms with Crippen molar-refractivity contribution in [2.45, 2.75) is 39.3 Å². The van der Waals surface area contributed by atoms with Gasteiger partial charge in [0.15, 0.2) is 6.10 Å². The maximum absolute atomic E-state index is 12.5. The highest BCUT2D eigenvalue weighted by Crippen LogP contribution is 2.29. The molecular formula is C23H26N2O4. The molecule has 1 aliphatic heterocycles. The van der Waals surface area contributed by atoms with Crippen molar-refractivity contribution in [3.8, 4) is 0 Å². The number of amides is 2. The minimum Gasteiger partial charge on any atom is -0.452 e. The molecule has 2 amide bonds. The van der Waals surface area contributed by atoms with Crippen LogP contribution < -0.4 is 5.32 Å². The number of carbonyl (C=O) groups is 3. The summed E-state index contributed by atoms with van der Waals surface area (Å²) in [6.07, 6.45) is -0.845. The van der Waals surface area contributed by atoms with Gasteiger partial charge >= 0.3 is 5.97 Å². The van der Waals surface area contributed by atoms with E-state index in [2.05, 4.69) is 5.32 Å². The van der Waals surface area contributed by atoms with E-state index in [1.54, 1.807) is 17.0 Å². The summed E-state index contributed by atoms with van der Waals surface area (Å²) in [5.74, 6) is -1.57. The van der Waals surface area contributed by atoms with Crippen LogP contribution in [0.4, 0.5) is 5.69 Å². The number of carbonyl (C=O) groups excluding carboxylic acids is 3. The Morgan fingerprint density at radius 1 is 1.07 bits per heavy atom. The average molecular weight is 394 g/mol. The molecule has 2 aromatic carbocycles. The Morgan fingerprint density at radius 3 is 2.38 bits per heavy atom. The molecule has 0 radical (unpaired) electrons. The van der Waals surface area contributed by atoms with E-state index in [9.17, 15) is 14.4 Å². The van der Waals surface area contributed by atoms with Crippen LogP contribution in [0.15, 0.2) is 54.6 Å². The Balaban J connectivity index is 1.55. The van der Waals surface area contributed by atoms with Gasteiger partial charge in [0.25, 0.3) is 5.91 Å². The van der Waals surface area contributed by atoms with Crippen molar-refractivity contribution in [1.82, 2.24) is 4.90 Å². The Kier molecular flexibility index (Phi) is 6.32. The van der Waals surface area contributed by atoms with E-state index in [4.69, 9.17) is 4.74 Å². The number of benzene rings is 2. The van der Waals surface area contributed by atoms with Crippen molar-refractivity contribution >= 4 is 23.5 Å². The molecule has 0 unspecified atom stereocenters. The number of hydrogen-bond acceptors (Lipinski definition) is 4. The van der Waals surface area contributed by atoms with E-state index >= 15 is 0 Å². The highest BCUT2D eigenvalue weighted by Gasteiger charge is 2.38. The normalized spacial score (nSPS) is 18.2. The molecule has 3 rings (SSSR count). The molecule has 2 aromatic rings. The topological polar surface area (TPSA) is 75.7 Å². The molecule has 1 heterocycles. The fourth-order valence-corrected chi connectivity index (χ4v) is 3.38. The maximum atomic E-state index is 12.5. The van der Waals surface area contributed by atoms with Gasteiger partial charge in [-0.1, -0.05) is 48.0 Å². The summed E-state index contributed by atoms with van der Waals surface area (Å²) < 4.78 is 5.34. The molecule has 0 aliphatic carbocycles. The molecule has 29 heavy (non-hydrogen) atoms. The van der Waals surface area contributed by atoms with Crippen LogP contribution in [0.3, 0.4) is 0 Å². The van der Waals surface area contributed by atoms with Gasteiger partial charge in [0, 0.05) is 18.7 Å². The highest BCUT2D eigenvalue weighted by atomic mass is 16.5. The first kappa shape index (κ1) is 20.6. The summed E-state index contributed by atoms with van der Waals surface area (Å²) in [6.45, 7) is 5.72. The van der Waals surface area contributed by atoms with Crippen molar-refractivity contribution in [2.75, 3.05) is 11.9 Å². The SMILES string of the molecule is Cc1ccc(NC(=O)[C@H](C)OC(=O)[C@H]2CC(=O)N([C@@H](C)c3ccccc3)C2)cc1. The minimum absolute atomic E-state index is 0.0833. The summed E-state index contributed by atoms with van der Waals surface area (Å²) in [6, 6.07) is 16.9. The van der Waals surface area contributed by atoms with Crippen LogP contribution in [-0.2, 0) is 19.1 Å². The second-order valence-corrected chi connectivity index (χ2v) is 7.47. The average Bonchev–Trinajstić information content (AvgIpc) is 3.11.